The van der Waals surface area contributed by atoms with Crippen LogP contribution in [0.4, 0.5) is 11.4 Å². The molecule has 0 radical (unpaired) electrons. The molecular formula is C29H39ClN2O4. The van der Waals surface area contributed by atoms with E-state index < -0.39 is 10.2 Å². The Kier molecular flexibility index (Phi) is 11.2. The molecular weight excluding hydrogens is 476 g/mol. The quantitative estimate of drug-likeness (QED) is 0.441. The summed E-state index contributed by atoms with van der Waals surface area (Å²) in [5.41, 5.74) is 9.45. The summed E-state index contributed by atoms with van der Waals surface area (Å²) in [6, 6.07) is 24.9. The lowest BCUT2D eigenvalue weighted by Gasteiger charge is -2.27. The van der Waals surface area contributed by atoms with Gasteiger partial charge in [-0.1, -0.05) is 42.5 Å². The van der Waals surface area contributed by atoms with E-state index in [0.29, 0.717) is 0 Å². The Balaban J connectivity index is 0.000000830. The normalized spacial score (nSPS) is 11.2. The predicted octanol–water partition coefficient (Wildman–Crippen LogP) is 3.05. The average Bonchev–Trinajstić information content (AvgIpc) is 2.83. The first-order valence-corrected chi connectivity index (χ1v) is 13.7. The first-order chi connectivity index (χ1) is 17.0. The molecule has 0 fully saturated rings. The monoisotopic (exact) mass is 514 g/mol. The van der Waals surface area contributed by atoms with E-state index in [1.54, 1.807) is 0 Å². The molecule has 7 heteroatoms. The van der Waals surface area contributed by atoms with Crippen molar-refractivity contribution in [1.82, 2.24) is 0 Å². The van der Waals surface area contributed by atoms with Gasteiger partial charge < -0.3 is 9.80 Å². The summed E-state index contributed by atoms with van der Waals surface area (Å²) >= 11 is 0. The summed E-state index contributed by atoms with van der Waals surface area (Å²) < 4.78 is 32.7. The number of aryl methyl sites for hydroxylation is 2. The fraction of sp³-hybridized carbons (Fsp3) is 0.379. The lowest BCUT2D eigenvalue weighted by Crippen LogP contribution is -2.58. The predicted molar refractivity (Wildman–Crippen MR) is 139 cm³/mol. The van der Waals surface area contributed by atoms with E-state index in [2.05, 4.69) is 118 Å². The molecule has 0 aliphatic carbocycles. The third-order valence-electron chi connectivity index (χ3n) is 6.52. The molecule has 0 atom stereocenters. The van der Waals surface area contributed by atoms with Crippen molar-refractivity contribution in [1.29, 1.82) is 0 Å². The molecule has 6 nitrogen and oxygen atoms in total. The van der Waals surface area contributed by atoms with Crippen LogP contribution in [0.25, 0.3) is 0 Å². The van der Waals surface area contributed by atoms with Crippen LogP contribution < -0.4 is 23.8 Å². The molecule has 0 bridgehead atoms. The van der Waals surface area contributed by atoms with Crippen LogP contribution >= 0.6 is 0 Å². The first kappa shape index (κ1) is 29.6. The lowest BCUT2D eigenvalue weighted by molar-refractivity contribution is -1.92. The van der Waals surface area contributed by atoms with Crippen molar-refractivity contribution in [2.75, 3.05) is 36.0 Å². The zero-order valence-corrected chi connectivity index (χ0v) is 23.0. The van der Waals surface area contributed by atoms with Crippen molar-refractivity contribution >= 4 is 11.4 Å². The molecule has 0 saturated carbocycles. The van der Waals surface area contributed by atoms with Gasteiger partial charge in [-0.25, -0.2) is 0 Å². The standard InChI is InChI=1S/C29H38N2.ClHO4/c1-7-30(8-2)25-16-18-27(22(5)20-25)29(24-14-12-11-13-15-24)28-19-17-26(21-23(28)6)31(9-3)10-4;2-1(3,4)5/h11-21,29H,7-10H2,1-6H3;(H,2,3,4,5). The number of hydrogen-bond donors (Lipinski definition) is 1. The Morgan fingerprint density at radius 2 is 1.03 bits per heavy atom. The minimum Gasteiger partial charge on any atom is -0.372 e. The molecule has 0 spiro atoms. The summed E-state index contributed by atoms with van der Waals surface area (Å²) in [6.45, 7) is 17.5. The van der Waals surface area contributed by atoms with Gasteiger partial charge in [0.25, 0.3) is 0 Å². The van der Waals surface area contributed by atoms with Gasteiger partial charge in [-0.05, 0) is 93.6 Å². The number of rotatable bonds is 9. The van der Waals surface area contributed by atoms with Gasteiger partial charge in [0.15, 0.2) is 0 Å². The molecule has 0 amide bonds. The van der Waals surface area contributed by atoms with Gasteiger partial charge in [0.05, 0.1) is 14.9 Å². The number of benzene rings is 3. The number of nitrogens with zero attached hydrogens (tertiary/aromatic N) is 2. The van der Waals surface area contributed by atoms with Gasteiger partial charge in [0.1, 0.15) is 0 Å². The molecule has 3 rings (SSSR count). The molecule has 1 N–H and O–H groups in total. The second-order valence-electron chi connectivity index (χ2n) is 8.67. The summed E-state index contributed by atoms with van der Waals surface area (Å²) in [5.74, 6) is 0.234. The Morgan fingerprint density at radius 1 is 0.667 bits per heavy atom. The van der Waals surface area contributed by atoms with Crippen LogP contribution in [0.2, 0.25) is 0 Å². The molecule has 0 aliphatic rings. The van der Waals surface area contributed by atoms with Crippen molar-refractivity contribution in [3.63, 3.8) is 0 Å². The third kappa shape index (κ3) is 8.22. The Bertz CT molecular complexity index is 1010. The molecule has 196 valence electrons. The highest BCUT2D eigenvalue weighted by Crippen LogP contribution is 2.37. The topological polar surface area (TPSA) is 95.9 Å². The molecule has 0 heterocycles. The zero-order valence-electron chi connectivity index (χ0n) is 22.2. The SMILES string of the molecule is CCN(CC)c1ccc(C(c2ccccc2)c2ccc(N(CC)CC)cc2C)c(C)c1.[O-][Cl+3]([O-])([O-])O. The highest BCUT2D eigenvalue weighted by molar-refractivity contribution is 5.58. The molecule has 36 heavy (non-hydrogen) atoms. The minimum atomic E-state index is -4.69. The maximum absolute atomic E-state index is 8.60. The summed E-state index contributed by atoms with van der Waals surface area (Å²) in [6.07, 6.45) is 0. The van der Waals surface area contributed by atoms with E-state index in [0.717, 1.165) is 26.2 Å². The van der Waals surface area contributed by atoms with Crippen molar-refractivity contribution in [2.24, 2.45) is 0 Å². The van der Waals surface area contributed by atoms with Gasteiger partial charge in [0.2, 0.25) is 0 Å². The van der Waals surface area contributed by atoms with E-state index in [4.69, 9.17) is 18.6 Å². The number of halogens is 1. The molecule has 0 unspecified atom stereocenters. The average molecular weight is 515 g/mol. The fourth-order valence-corrected chi connectivity index (χ4v) is 4.71. The Hall–Kier alpha value is -2.61. The van der Waals surface area contributed by atoms with Crippen molar-refractivity contribution < 1.29 is 28.9 Å². The van der Waals surface area contributed by atoms with Crippen LogP contribution in [0.3, 0.4) is 0 Å². The summed E-state index contributed by atoms with van der Waals surface area (Å²) in [7, 11) is -4.69. The van der Waals surface area contributed by atoms with E-state index >= 15 is 0 Å². The Morgan fingerprint density at radius 3 is 1.33 bits per heavy atom. The van der Waals surface area contributed by atoms with Crippen LogP contribution in [0, 0.1) is 24.1 Å². The molecule has 3 aromatic rings. The van der Waals surface area contributed by atoms with E-state index in [-0.39, 0.29) is 5.92 Å². The highest BCUT2D eigenvalue weighted by atomic mass is 35.7. The van der Waals surface area contributed by atoms with Crippen molar-refractivity contribution in [3.05, 3.63) is 94.5 Å². The first-order valence-electron chi connectivity index (χ1n) is 12.4. The van der Waals surface area contributed by atoms with Crippen LogP contribution in [-0.4, -0.2) is 30.8 Å². The van der Waals surface area contributed by atoms with Gasteiger partial charge in [-0.3, -0.25) is 0 Å². The van der Waals surface area contributed by atoms with E-state index in [1.165, 1.54) is 39.2 Å². The fourth-order valence-electron chi connectivity index (χ4n) is 4.71. The second kappa shape index (κ2) is 13.6. The number of hydrogen-bond acceptors (Lipinski definition) is 6. The maximum Gasteiger partial charge on any atom is 0.0777 e. The van der Waals surface area contributed by atoms with Crippen LogP contribution in [0.1, 0.15) is 61.4 Å². The molecule has 0 aliphatic heterocycles. The van der Waals surface area contributed by atoms with Gasteiger partial charge >= 0.3 is 0 Å². The third-order valence-corrected chi connectivity index (χ3v) is 6.52. The molecule has 0 saturated heterocycles. The largest absolute Gasteiger partial charge is 0.372 e. The maximum atomic E-state index is 8.60. The van der Waals surface area contributed by atoms with E-state index in [9.17, 15) is 0 Å². The summed E-state index contributed by atoms with van der Waals surface area (Å²) in [5, 5.41) is 0. The van der Waals surface area contributed by atoms with Crippen LogP contribution in [0.15, 0.2) is 66.7 Å². The highest BCUT2D eigenvalue weighted by Gasteiger charge is 2.21. The zero-order chi connectivity index (χ0) is 26.9. The lowest BCUT2D eigenvalue weighted by atomic mass is 9.81. The van der Waals surface area contributed by atoms with Crippen LogP contribution in [-0.2, 0) is 0 Å². The van der Waals surface area contributed by atoms with Gasteiger partial charge in [0, 0.05) is 43.5 Å². The minimum absolute atomic E-state index is 0.234. The second-order valence-corrected chi connectivity index (χ2v) is 9.46. The molecule has 3 aromatic carbocycles. The summed E-state index contributed by atoms with van der Waals surface area (Å²) in [4.78, 5) is 4.83. The van der Waals surface area contributed by atoms with Crippen LogP contribution in [0.5, 0.6) is 0 Å². The van der Waals surface area contributed by atoms with Gasteiger partial charge in [-0.15, -0.1) is 0 Å². The van der Waals surface area contributed by atoms with Crippen molar-refractivity contribution in [3.8, 4) is 0 Å². The number of anilines is 2. The van der Waals surface area contributed by atoms with Crippen molar-refractivity contribution in [2.45, 2.75) is 47.5 Å². The van der Waals surface area contributed by atoms with Gasteiger partial charge in [-0.2, -0.15) is 14.0 Å². The molecule has 0 aromatic heterocycles. The van der Waals surface area contributed by atoms with E-state index in [1.807, 2.05) is 0 Å². The Labute approximate surface area is 218 Å². The smallest absolute Gasteiger partial charge is 0.0777 e.